The van der Waals surface area contributed by atoms with Crippen LogP contribution in [0.15, 0.2) is 48.5 Å². The number of rotatable bonds is 9. The Bertz CT molecular complexity index is 926. The van der Waals surface area contributed by atoms with Crippen LogP contribution in [0.3, 0.4) is 0 Å². The molecule has 0 heterocycles. The second-order valence-electron chi connectivity index (χ2n) is 6.96. The second-order valence-corrected chi connectivity index (χ2v) is 8.82. The van der Waals surface area contributed by atoms with Crippen molar-refractivity contribution in [1.29, 1.82) is 0 Å². The Hall–Kier alpha value is -2.74. The van der Waals surface area contributed by atoms with Crippen LogP contribution >= 0.6 is 0 Å². The molecule has 0 aliphatic heterocycles. The van der Waals surface area contributed by atoms with Gasteiger partial charge in [0.1, 0.15) is 17.5 Å². The van der Waals surface area contributed by atoms with E-state index in [1.165, 1.54) is 7.11 Å². The number of amides is 1. The van der Waals surface area contributed by atoms with Crippen molar-refractivity contribution in [2.75, 3.05) is 17.7 Å². The molecule has 1 atom stereocenters. The molecular formula is C21H28N2O5S. The lowest BCUT2D eigenvalue weighted by Gasteiger charge is -2.28. The number of carbonyl (C=O) groups is 1. The number of hydrogen-bond acceptors (Lipinski definition) is 5. The lowest BCUT2D eigenvalue weighted by molar-refractivity contribution is -0.122. The molecule has 158 valence electrons. The summed E-state index contributed by atoms with van der Waals surface area (Å²) in [6.07, 6.45) is 1.13. The molecule has 1 amide bonds. The van der Waals surface area contributed by atoms with E-state index in [0.29, 0.717) is 11.4 Å². The molecule has 2 aromatic rings. The highest BCUT2D eigenvalue weighted by molar-refractivity contribution is 7.92. The van der Waals surface area contributed by atoms with Gasteiger partial charge < -0.3 is 14.8 Å². The number of carbonyl (C=O) groups excluding carboxylic acids is 1. The SMILES string of the molecule is COc1ccc(N([C@@H](C)C(=O)NCc2cccc(OC(C)C)c2)S(C)(=O)=O)cc1. The molecule has 0 bridgehead atoms. The van der Waals surface area contributed by atoms with Crippen molar-refractivity contribution in [2.45, 2.75) is 39.5 Å². The molecule has 0 spiro atoms. The van der Waals surface area contributed by atoms with Crippen LogP contribution in [0.2, 0.25) is 0 Å². The summed E-state index contributed by atoms with van der Waals surface area (Å²) in [5, 5.41) is 2.80. The molecule has 0 aliphatic carbocycles. The van der Waals surface area contributed by atoms with Gasteiger partial charge in [-0.1, -0.05) is 12.1 Å². The van der Waals surface area contributed by atoms with Crippen molar-refractivity contribution in [2.24, 2.45) is 0 Å². The fourth-order valence-corrected chi connectivity index (χ4v) is 4.05. The monoisotopic (exact) mass is 420 g/mol. The Kier molecular flexibility index (Phi) is 7.50. The third-order valence-electron chi connectivity index (χ3n) is 4.15. The molecule has 0 saturated heterocycles. The molecule has 0 aliphatic rings. The van der Waals surface area contributed by atoms with Crippen LogP contribution in [0.1, 0.15) is 26.3 Å². The highest BCUT2D eigenvalue weighted by Gasteiger charge is 2.29. The summed E-state index contributed by atoms with van der Waals surface area (Å²) in [7, 11) is -2.14. The summed E-state index contributed by atoms with van der Waals surface area (Å²) < 4.78 is 36.6. The fraction of sp³-hybridized carbons (Fsp3) is 0.381. The zero-order valence-corrected chi connectivity index (χ0v) is 18.2. The molecule has 8 heteroatoms. The van der Waals surface area contributed by atoms with Crippen molar-refractivity contribution in [3.63, 3.8) is 0 Å². The second kappa shape index (κ2) is 9.65. The van der Waals surface area contributed by atoms with E-state index in [9.17, 15) is 13.2 Å². The van der Waals surface area contributed by atoms with Gasteiger partial charge >= 0.3 is 0 Å². The number of ether oxygens (including phenoxy) is 2. The number of methoxy groups -OCH3 is 1. The molecule has 2 aromatic carbocycles. The summed E-state index contributed by atoms with van der Waals surface area (Å²) in [5.41, 5.74) is 1.25. The van der Waals surface area contributed by atoms with Crippen LogP contribution < -0.4 is 19.1 Å². The third-order valence-corrected chi connectivity index (χ3v) is 5.39. The van der Waals surface area contributed by atoms with Crippen molar-refractivity contribution in [3.05, 3.63) is 54.1 Å². The fourth-order valence-electron chi connectivity index (χ4n) is 2.88. The van der Waals surface area contributed by atoms with Crippen LogP contribution in [0.25, 0.3) is 0 Å². The van der Waals surface area contributed by atoms with Gasteiger partial charge in [-0.05, 0) is 62.7 Å². The van der Waals surface area contributed by atoms with Crippen LogP contribution in [0.5, 0.6) is 11.5 Å². The number of anilines is 1. The van der Waals surface area contributed by atoms with Gasteiger partial charge in [-0.15, -0.1) is 0 Å². The average molecular weight is 421 g/mol. The molecule has 29 heavy (non-hydrogen) atoms. The molecule has 0 aromatic heterocycles. The van der Waals surface area contributed by atoms with E-state index in [2.05, 4.69) is 5.32 Å². The van der Waals surface area contributed by atoms with Crippen molar-refractivity contribution >= 4 is 21.6 Å². The number of benzene rings is 2. The van der Waals surface area contributed by atoms with Gasteiger partial charge in [-0.3, -0.25) is 9.10 Å². The first kappa shape index (κ1) is 22.5. The predicted octanol–water partition coefficient (Wildman–Crippen LogP) is 2.95. The lowest BCUT2D eigenvalue weighted by atomic mass is 10.2. The van der Waals surface area contributed by atoms with Crippen LogP contribution in [0, 0.1) is 0 Å². The van der Waals surface area contributed by atoms with E-state index in [-0.39, 0.29) is 12.6 Å². The predicted molar refractivity (Wildman–Crippen MR) is 114 cm³/mol. The first-order valence-electron chi connectivity index (χ1n) is 9.28. The maximum absolute atomic E-state index is 12.7. The van der Waals surface area contributed by atoms with Gasteiger partial charge in [-0.25, -0.2) is 8.42 Å². The normalized spacial score (nSPS) is 12.3. The summed E-state index contributed by atoms with van der Waals surface area (Å²) in [4.78, 5) is 12.7. The number of hydrogen-bond donors (Lipinski definition) is 1. The van der Waals surface area contributed by atoms with E-state index < -0.39 is 22.0 Å². The van der Waals surface area contributed by atoms with E-state index >= 15 is 0 Å². The van der Waals surface area contributed by atoms with Gasteiger partial charge in [0.2, 0.25) is 15.9 Å². The van der Waals surface area contributed by atoms with Gasteiger partial charge in [0, 0.05) is 6.54 Å². The lowest BCUT2D eigenvalue weighted by Crippen LogP contribution is -2.47. The Balaban J connectivity index is 2.13. The molecule has 0 saturated carbocycles. The Morgan fingerprint density at radius 3 is 2.28 bits per heavy atom. The van der Waals surface area contributed by atoms with Crippen molar-refractivity contribution in [3.8, 4) is 11.5 Å². The van der Waals surface area contributed by atoms with Gasteiger partial charge in [-0.2, -0.15) is 0 Å². The first-order chi connectivity index (χ1) is 13.6. The molecule has 1 N–H and O–H groups in total. The highest BCUT2D eigenvalue weighted by atomic mass is 32.2. The standard InChI is InChI=1S/C21H28N2O5S/c1-15(2)28-20-8-6-7-17(13-20)14-22-21(24)16(3)23(29(5,25)26)18-9-11-19(27-4)12-10-18/h6-13,15-16H,14H2,1-5H3,(H,22,24)/t16-/m0/s1. The first-order valence-corrected chi connectivity index (χ1v) is 11.1. The molecule has 0 fully saturated rings. The molecular weight excluding hydrogens is 392 g/mol. The van der Waals surface area contributed by atoms with Crippen LogP contribution in [-0.4, -0.2) is 39.8 Å². The zero-order valence-electron chi connectivity index (χ0n) is 17.4. The van der Waals surface area contributed by atoms with Gasteiger partial charge in [0.05, 0.1) is 25.2 Å². The summed E-state index contributed by atoms with van der Waals surface area (Å²) in [6.45, 7) is 5.70. The minimum atomic E-state index is -3.67. The van der Waals surface area contributed by atoms with Crippen molar-refractivity contribution < 1.29 is 22.7 Å². The van der Waals surface area contributed by atoms with E-state index in [1.807, 2.05) is 38.1 Å². The topological polar surface area (TPSA) is 84.9 Å². The molecule has 0 radical (unpaired) electrons. The van der Waals surface area contributed by atoms with Gasteiger partial charge in [0.25, 0.3) is 0 Å². The summed E-state index contributed by atoms with van der Waals surface area (Å²) >= 11 is 0. The third kappa shape index (κ3) is 6.39. The minimum Gasteiger partial charge on any atom is -0.497 e. The number of nitrogens with zero attached hydrogens (tertiary/aromatic N) is 1. The smallest absolute Gasteiger partial charge is 0.243 e. The maximum atomic E-state index is 12.7. The van der Waals surface area contributed by atoms with E-state index in [4.69, 9.17) is 9.47 Å². The number of sulfonamides is 1. The number of nitrogens with one attached hydrogen (secondary N) is 1. The zero-order chi connectivity index (χ0) is 21.6. The summed E-state index contributed by atoms with van der Waals surface area (Å²) in [5.74, 6) is 0.917. The van der Waals surface area contributed by atoms with Crippen LogP contribution in [-0.2, 0) is 21.4 Å². The van der Waals surface area contributed by atoms with Crippen molar-refractivity contribution in [1.82, 2.24) is 5.32 Å². The maximum Gasteiger partial charge on any atom is 0.243 e. The van der Waals surface area contributed by atoms with E-state index in [1.54, 1.807) is 31.2 Å². The minimum absolute atomic E-state index is 0.0488. The van der Waals surface area contributed by atoms with Gasteiger partial charge in [0.15, 0.2) is 0 Å². The molecule has 2 rings (SSSR count). The largest absolute Gasteiger partial charge is 0.497 e. The molecule has 0 unspecified atom stereocenters. The average Bonchev–Trinajstić information content (AvgIpc) is 2.65. The summed E-state index contributed by atoms with van der Waals surface area (Å²) in [6, 6.07) is 13.0. The Morgan fingerprint density at radius 2 is 1.72 bits per heavy atom. The highest BCUT2D eigenvalue weighted by Crippen LogP contribution is 2.24. The molecule has 7 nitrogen and oxygen atoms in total. The van der Waals surface area contributed by atoms with Crippen LogP contribution in [0.4, 0.5) is 5.69 Å². The Morgan fingerprint density at radius 1 is 1.07 bits per heavy atom. The quantitative estimate of drug-likeness (QED) is 0.674. The Labute approximate surface area is 172 Å². The van der Waals surface area contributed by atoms with E-state index in [0.717, 1.165) is 21.9 Å².